The summed E-state index contributed by atoms with van der Waals surface area (Å²) in [6.07, 6.45) is 1.90. The summed E-state index contributed by atoms with van der Waals surface area (Å²) in [6.45, 7) is 4.26. The van der Waals surface area contributed by atoms with Crippen molar-refractivity contribution in [3.8, 4) is 11.3 Å². The molecular weight excluding hydrogens is 514 g/mol. The van der Waals surface area contributed by atoms with Crippen LogP contribution in [0, 0.1) is 24.0 Å². The largest absolute Gasteiger partial charge is 0.459 e. The summed E-state index contributed by atoms with van der Waals surface area (Å²) in [4.78, 5) is 30.5. The summed E-state index contributed by atoms with van der Waals surface area (Å²) in [6, 6.07) is 20.8. The van der Waals surface area contributed by atoms with Gasteiger partial charge in [0.15, 0.2) is 5.11 Å². The van der Waals surface area contributed by atoms with Gasteiger partial charge >= 0.3 is 0 Å². The molecule has 198 valence electrons. The first-order valence-corrected chi connectivity index (χ1v) is 12.9. The fraction of sp³-hybridized carbons (Fsp3) is 0.207. The number of anilines is 1. The van der Waals surface area contributed by atoms with Gasteiger partial charge in [0.05, 0.1) is 22.2 Å². The summed E-state index contributed by atoms with van der Waals surface area (Å²) >= 11 is 5.69. The summed E-state index contributed by atoms with van der Waals surface area (Å²) in [5, 5.41) is 18.4. The number of nitrogens with one attached hydrogen (secondary N) is 2. The lowest BCUT2D eigenvalue weighted by Crippen LogP contribution is -2.32. The minimum Gasteiger partial charge on any atom is -0.459 e. The molecule has 0 bridgehead atoms. The van der Waals surface area contributed by atoms with E-state index in [4.69, 9.17) is 16.6 Å². The number of benzene rings is 2. The van der Waals surface area contributed by atoms with Crippen molar-refractivity contribution in [1.82, 2.24) is 15.2 Å². The van der Waals surface area contributed by atoms with E-state index in [0.717, 1.165) is 22.5 Å². The number of nitrogens with zero attached hydrogens (tertiary/aromatic N) is 3. The number of hydrogen-bond acceptors (Lipinski definition) is 6. The van der Waals surface area contributed by atoms with Crippen LogP contribution < -0.4 is 10.6 Å². The number of nitro groups is 1. The maximum atomic E-state index is 12.9. The van der Waals surface area contributed by atoms with Crippen LogP contribution >= 0.6 is 12.2 Å². The van der Waals surface area contributed by atoms with Gasteiger partial charge in [-0.25, -0.2) is 0 Å². The number of amides is 1. The van der Waals surface area contributed by atoms with Crippen LogP contribution in [-0.2, 0) is 4.79 Å². The van der Waals surface area contributed by atoms with Crippen molar-refractivity contribution in [3.63, 3.8) is 0 Å². The highest BCUT2D eigenvalue weighted by atomic mass is 32.1. The van der Waals surface area contributed by atoms with E-state index in [1.54, 1.807) is 36.5 Å². The van der Waals surface area contributed by atoms with Crippen LogP contribution in [0.4, 0.5) is 11.4 Å². The molecule has 2 aromatic heterocycles. The molecule has 0 saturated carbocycles. The zero-order chi connectivity index (χ0) is 27.5. The normalized spacial score (nSPS) is 16.7. The number of rotatable bonds is 8. The Hall–Kier alpha value is -4.57. The third-order valence-electron chi connectivity index (χ3n) is 6.73. The molecule has 10 heteroatoms. The van der Waals surface area contributed by atoms with Crippen molar-refractivity contribution in [2.75, 3.05) is 11.9 Å². The van der Waals surface area contributed by atoms with Gasteiger partial charge < -0.3 is 20.0 Å². The Morgan fingerprint density at radius 2 is 1.92 bits per heavy atom. The van der Waals surface area contributed by atoms with Crippen LogP contribution in [0.2, 0.25) is 0 Å². The minimum atomic E-state index is -0.429. The van der Waals surface area contributed by atoms with Crippen LogP contribution in [0.5, 0.6) is 0 Å². The van der Waals surface area contributed by atoms with E-state index in [1.807, 2.05) is 55.1 Å². The van der Waals surface area contributed by atoms with Crippen molar-refractivity contribution in [2.45, 2.75) is 32.4 Å². The fourth-order valence-electron chi connectivity index (χ4n) is 4.76. The Kier molecular flexibility index (Phi) is 7.38. The molecule has 0 radical (unpaired) electrons. The number of furan rings is 1. The van der Waals surface area contributed by atoms with Crippen LogP contribution in [0.3, 0.4) is 0 Å². The number of para-hydroxylation sites is 1. The number of pyridine rings is 1. The third-order valence-corrected chi connectivity index (χ3v) is 7.08. The van der Waals surface area contributed by atoms with E-state index in [9.17, 15) is 14.9 Å². The Labute approximate surface area is 231 Å². The molecule has 2 N–H and O–H groups in total. The summed E-state index contributed by atoms with van der Waals surface area (Å²) in [5.74, 6) is 0.801. The van der Waals surface area contributed by atoms with Crippen molar-refractivity contribution in [2.24, 2.45) is 0 Å². The predicted octanol–water partition coefficient (Wildman–Crippen LogP) is 5.87. The molecule has 1 aliphatic rings. The second-order valence-electron chi connectivity index (χ2n) is 9.41. The molecule has 3 heterocycles. The summed E-state index contributed by atoms with van der Waals surface area (Å²) in [5.41, 5.74) is 3.93. The minimum absolute atomic E-state index is 0.0419. The molecule has 0 aliphatic carbocycles. The number of hydrogen-bond donors (Lipinski definition) is 2. The summed E-state index contributed by atoms with van der Waals surface area (Å²) < 4.78 is 6.23. The van der Waals surface area contributed by atoms with E-state index in [0.29, 0.717) is 28.7 Å². The topological polar surface area (TPSA) is 114 Å². The highest BCUT2D eigenvalue weighted by Gasteiger charge is 2.41. The molecule has 9 nitrogen and oxygen atoms in total. The lowest BCUT2D eigenvalue weighted by Gasteiger charge is -2.26. The highest BCUT2D eigenvalue weighted by molar-refractivity contribution is 7.80. The van der Waals surface area contributed by atoms with Gasteiger partial charge in [0.1, 0.15) is 17.6 Å². The molecular formula is C29H27N5O4S. The molecule has 1 amide bonds. The fourth-order valence-corrected chi connectivity index (χ4v) is 5.09. The van der Waals surface area contributed by atoms with E-state index < -0.39 is 11.0 Å². The van der Waals surface area contributed by atoms with E-state index in [1.165, 1.54) is 6.07 Å². The Morgan fingerprint density at radius 3 is 2.69 bits per heavy atom. The van der Waals surface area contributed by atoms with Crippen LogP contribution in [0.15, 0.2) is 83.4 Å². The van der Waals surface area contributed by atoms with Crippen LogP contribution in [0.25, 0.3) is 11.3 Å². The highest BCUT2D eigenvalue weighted by Crippen LogP contribution is 2.41. The number of aromatic nitrogens is 1. The van der Waals surface area contributed by atoms with E-state index >= 15 is 0 Å². The molecule has 2 aromatic carbocycles. The van der Waals surface area contributed by atoms with Crippen LogP contribution in [0.1, 0.15) is 41.1 Å². The van der Waals surface area contributed by atoms with Gasteiger partial charge in [0.25, 0.3) is 5.69 Å². The Bertz CT molecular complexity index is 1540. The standard InChI is InChI=1S/C29H27N5O4S/c1-18-10-11-19(2)22(17-18)31-26(35)14-16-33-28(27(32-29(33)39)21-8-5-6-15-30-21)25-13-12-24(38-25)20-7-3-4-9-23(20)34(36)37/h3-13,15,17,27-28H,14,16H2,1-2H3,(H,31,35)(H,32,39)/t27-,28-/m0/s1. The smallest absolute Gasteiger partial charge is 0.280 e. The number of carbonyl (C=O) groups excluding carboxylic acids is 1. The molecule has 4 aromatic rings. The first-order chi connectivity index (χ1) is 18.8. The van der Waals surface area contributed by atoms with Crippen molar-refractivity contribution < 1.29 is 14.1 Å². The zero-order valence-corrected chi connectivity index (χ0v) is 22.3. The average molecular weight is 542 g/mol. The monoisotopic (exact) mass is 541 g/mol. The average Bonchev–Trinajstić information content (AvgIpc) is 3.54. The molecule has 0 spiro atoms. The third kappa shape index (κ3) is 5.51. The van der Waals surface area contributed by atoms with E-state index in [2.05, 4.69) is 15.6 Å². The van der Waals surface area contributed by atoms with Gasteiger partial charge in [0.2, 0.25) is 5.91 Å². The maximum Gasteiger partial charge on any atom is 0.280 e. The maximum absolute atomic E-state index is 12.9. The molecule has 5 rings (SSSR count). The SMILES string of the molecule is Cc1ccc(C)c(NC(=O)CCN2C(=S)N[C@@H](c3ccccn3)[C@@H]2c2ccc(-c3ccccc3[N+](=O)[O-])o2)c1. The Balaban J connectivity index is 1.43. The Morgan fingerprint density at radius 1 is 1.13 bits per heavy atom. The number of carbonyl (C=O) groups is 1. The molecule has 1 fully saturated rings. The lowest BCUT2D eigenvalue weighted by atomic mass is 10.0. The second kappa shape index (κ2) is 11.0. The van der Waals surface area contributed by atoms with Gasteiger partial charge in [-0.1, -0.05) is 30.3 Å². The molecule has 2 atom stereocenters. The molecule has 1 aliphatic heterocycles. The van der Waals surface area contributed by atoms with E-state index in [-0.39, 0.29) is 24.1 Å². The second-order valence-corrected chi connectivity index (χ2v) is 9.80. The van der Waals surface area contributed by atoms with Gasteiger partial charge in [0, 0.05) is 30.9 Å². The van der Waals surface area contributed by atoms with Crippen molar-refractivity contribution >= 4 is 34.6 Å². The first-order valence-electron chi connectivity index (χ1n) is 12.5. The molecule has 0 unspecified atom stereocenters. The van der Waals surface area contributed by atoms with Crippen molar-refractivity contribution in [1.29, 1.82) is 0 Å². The predicted molar refractivity (Wildman–Crippen MR) is 152 cm³/mol. The molecule has 39 heavy (non-hydrogen) atoms. The number of thiocarbonyl (C=S) groups is 1. The zero-order valence-electron chi connectivity index (χ0n) is 21.5. The van der Waals surface area contributed by atoms with Gasteiger partial charge in [-0.15, -0.1) is 0 Å². The molecule has 1 saturated heterocycles. The summed E-state index contributed by atoms with van der Waals surface area (Å²) in [7, 11) is 0. The number of aryl methyl sites for hydroxylation is 2. The van der Waals surface area contributed by atoms with Crippen molar-refractivity contribution in [3.05, 3.63) is 112 Å². The lowest BCUT2D eigenvalue weighted by molar-refractivity contribution is -0.384. The van der Waals surface area contributed by atoms with Gasteiger partial charge in [-0.3, -0.25) is 19.9 Å². The quantitative estimate of drug-likeness (QED) is 0.162. The number of nitro benzene ring substituents is 1. The van der Waals surface area contributed by atoms with Gasteiger partial charge in [-0.05, 0) is 73.6 Å². The van der Waals surface area contributed by atoms with Crippen LogP contribution in [-0.4, -0.2) is 32.4 Å². The first kappa shape index (κ1) is 26.1. The van der Waals surface area contributed by atoms with Gasteiger partial charge in [-0.2, -0.15) is 0 Å².